The Labute approximate surface area is 226 Å². The van der Waals surface area contributed by atoms with E-state index in [1.807, 2.05) is 61.5 Å². The Morgan fingerprint density at radius 2 is 1.77 bits per heavy atom. The molecule has 1 aromatic heterocycles. The average Bonchev–Trinajstić information content (AvgIpc) is 3.35. The lowest BCUT2D eigenvalue weighted by molar-refractivity contribution is 0.0517. The fourth-order valence-electron chi connectivity index (χ4n) is 4.61. The molecule has 9 heteroatoms. The summed E-state index contributed by atoms with van der Waals surface area (Å²) in [6.07, 6.45) is 0.159. The van der Waals surface area contributed by atoms with Gasteiger partial charge in [-0.1, -0.05) is 24.3 Å². The first kappa shape index (κ1) is 25.8. The van der Waals surface area contributed by atoms with Gasteiger partial charge in [0.2, 0.25) is 0 Å². The quantitative estimate of drug-likeness (QED) is 0.240. The van der Waals surface area contributed by atoms with Crippen LogP contribution in [0, 0.1) is 0 Å². The van der Waals surface area contributed by atoms with Gasteiger partial charge in [-0.2, -0.15) is 5.10 Å². The van der Waals surface area contributed by atoms with Crippen LogP contribution in [0.3, 0.4) is 0 Å². The van der Waals surface area contributed by atoms with Crippen molar-refractivity contribution in [2.75, 3.05) is 30.5 Å². The molecule has 200 valence electrons. The van der Waals surface area contributed by atoms with Gasteiger partial charge in [0.15, 0.2) is 11.9 Å². The minimum Gasteiger partial charge on any atom is -0.497 e. The van der Waals surface area contributed by atoms with Crippen molar-refractivity contribution in [3.8, 4) is 17.2 Å². The molecular formula is C30H30N4O5. The van der Waals surface area contributed by atoms with Gasteiger partial charge in [0, 0.05) is 23.5 Å². The van der Waals surface area contributed by atoms with Crippen LogP contribution in [-0.4, -0.2) is 48.1 Å². The SMILES string of the molecule is CCOC(=O)c1nn(-c2ccc(OC)cc2)c2c1CCN(c1cccc(NC(C)Oc3ccccc3)c1)C2=O. The Hall–Kier alpha value is -4.79. The highest BCUT2D eigenvalue weighted by Gasteiger charge is 2.35. The lowest BCUT2D eigenvalue weighted by Gasteiger charge is -2.28. The molecule has 0 saturated heterocycles. The van der Waals surface area contributed by atoms with E-state index in [-0.39, 0.29) is 24.4 Å². The number of ether oxygens (including phenoxy) is 3. The van der Waals surface area contributed by atoms with Gasteiger partial charge < -0.3 is 24.4 Å². The molecule has 0 spiro atoms. The highest BCUT2D eigenvalue weighted by atomic mass is 16.5. The van der Waals surface area contributed by atoms with Gasteiger partial charge in [0.25, 0.3) is 5.91 Å². The predicted molar refractivity (Wildman–Crippen MR) is 148 cm³/mol. The number of hydrogen-bond donors (Lipinski definition) is 1. The molecule has 9 nitrogen and oxygen atoms in total. The maximum absolute atomic E-state index is 13.9. The number of fused-ring (bicyclic) bond motifs is 1. The molecule has 0 bridgehead atoms. The van der Waals surface area contributed by atoms with Crippen LogP contribution in [0.1, 0.15) is 40.4 Å². The zero-order chi connectivity index (χ0) is 27.4. The number of methoxy groups -OCH3 is 1. The minimum atomic E-state index is -0.541. The summed E-state index contributed by atoms with van der Waals surface area (Å²) in [5.74, 6) is 0.645. The molecule has 5 rings (SSSR count). The molecule has 1 aliphatic rings. The molecule has 0 fully saturated rings. The van der Waals surface area contributed by atoms with Crippen LogP contribution in [0.4, 0.5) is 11.4 Å². The van der Waals surface area contributed by atoms with Crippen molar-refractivity contribution in [3.05, 3.63) is 95.8 Å². The van der Waals surface area contributed by atoms with Gasteiger partial charge in [-0.05, 0) is 74.9 Å². The number of nitrogens with one attached hydrogen (secondary N) is 1. The molecule has 3 aromatic carbocycles. The second kappa shape index (κ2) is 11.3. The third-order valence-corrected chi connectivity index (χ3v) is 6.39. The fraction of sp³-hybridized carbons (Fsp3) is 0.233. The number of rotatable bonds is 9. The lowest BCUT2D eigenvalue weighted by atomic mass is 10.0. The number of para-hydroxylation sites is 1. The molecule has 1 N–H and O–H groups in total. The van der Waals surface area contributed by atoms with E-state index in [1.165, 1.54) is 4.68 Å². The molecule has 2 heterocycles. The summed E-state index contributed by atoms with van der Waals surface area (Å²) >= 11 is 0. The highest BCUT2D eigenvalue weighted by molar-refractivity contribution is 6.09. The first-order valence-corrected chi connectivity index (χ1v) is 12.8. The molecule has 1 unspecified atom stereocenters. The van der Waals surface area contributed by atoms with Gasteiger partial charge in [-0.25, -0.2) is 9.48 Å². The molecule has 0 radical (unpaired) electrons. The van der Waals surface area contributed by atoms with E-state index < -0.39 is 5.97 Å². The van der Waals surface area contributed by atoms with Gasteiger partial charge in [-0.3, -0.25) is 4.79 Å². The third-order valence-electron chi connectivity index (χ3n) is 6.39. The number of carbonyl (C=O) groups excluding carboxylic acids is 2. The molecule has 1 atom stereocenters. The number of carbonyl (C=O) groups is 2. The summed E-state index contributed by atoms with van der Waals surface area (Å²) in [6, 6.07) is 24.3. The number of nitrogens with zero attached hydrogens (tertiary/aromatic N) is 3. The van der Waals surface area contributed by atoms with Gasteiger partial charge >= 0.3 is 5.97 Å². The standard InChI is InChI=1S/C30H30N4O5/c1-4-38-30(36)27-26-17-18-33(29(35)28(26)34(32-27)22-13-15-24(37-3)16-14-22)23-10-8-9-21(19-23)31-20(2)39-25-11-6-5-7-12-25/h5-16,19-20,31H,4,17-18H2,1-3H3. The van der Waals surface area contributed by atoms with Gasteiger partial charge in [0.1, 0.15) is 17.2 Å². The van der Waals surface area contributed by atoms with Crippen LogP contribution < -0.4 is 19.7 Å². The summed E-state index contributed by atoms with van der Waals surface area (Å²) in [6.45, 7) is 4.27. The van der Waals surface area contributed by atoms with Crippen molar-refractivity contribution in [3.63, 3.8) is 0 Å². The van der Waals surface area contributed by atoms with E-state index in [9.17, 15) is 9.59 Å². The zero-order valence-corrected chi connectivity index (χ0v) is 22.1. The van der Waals surface area contributed by atoms with Crippen LogP contribution in [0.5, 0.6) is 11.5 Å². The number of anilines is 2. The van der Waals surface area contributed by atoms with Crippen LogP contribution in [0.2, 0.25) is 0 Å². The fourth-order valence-corrected chi connectivity index (χ4v) is 4.61. The molecule has 4 aromatic rings. The lowest BCUT2D eigenvalue weighted by Crippen LogP contribution is -2.39. The predicted octanol–water partition coefficient (Wildman–Crippen LogP) is 5.10. The van der Waals surface area contributed by atoms with Crippen molar-refractivity contribution in [2.24, 2.45) is 0 Å². The summed E-state index contributed by atoms with van der Waals surface area (Å²) in [5, 5.41) is 7.87. The monoisotopic (exact) mass is 526 g/mol. The Kier molecular flexibility index (Phi) is 7.49. The average molecular weight is 527 g/mol. The topological polar surface area (TPSA) is 94.9 Å². The van der Waals surface area contributed by atoms with E-state index in [0.717, 1.165) is 17.1 Å². The van der Waals surface area contributed by atoms with E-state index in [1.54, 1.807) is 43.2 Å². The van der Waals surface area contributed by atoms with Crippen molar-refractivity contribution in [1.29, 1.82) is 0 Å². The van der Waals surface area contributed by atoms with Crippen LogP contribution in [0.15, 0.2) is 78.9 Å². The van der Waals surface area contributed by atoms with E-state index in [0.29, 0.717) is 35.7 Å². The second-order valence-electron chi connectivity index (χ2n) is 8.98. The number of esters is 1. The smallest absolute Gasteiger partial charge is 0.359 e. The highest BCUT2D eigenvalue weighted by Crippen LogP contribution is 2.31. The maximum Gasteiger partial charge on any atom is 0.359 e. The normalized spacial score (nSPS) is 13.4. The Morgan fingerprint density at radius 1 is 1.00 bits per heavy atom. The largest absolute Gasteiger partial charge is 0.497 e. The summed E-state index contributed by atoms with van der Waals surface area (Å²) in [7, 11) is 1.59. The maximum atomic E-state index is 13.9. The second-order valence-corrected chi connectivity index (χ2v) is 8.98. The molecule has 1 aliphatic heterocycles. The minimum absolute atomic E-state index is 0.165. The number of hydrogen-bond acceptors (Lipinski definition) is 7. The number of amides is 1. The zero-order valence-electron chi connectivity index (χ0n) is 22.1. The van der Waals surface area contributed by atoms with Gasteiger partial charge in [0.05, 0.1) is 19.4 Å². The van der Waals surface area contributed by atoms with E-state index >= 15 is 0 Å². The third kappa shape index (κ3) is 5.43. The molecule has 0 aliphatic carbocycles. The summed E-state index contributed by atoms with van der Waals surface area (Å²) < 4.78 is 18.0. The molecule has 39 heavy (non-hydrogen) atoms. The Bertz CT molecular complexity index is 1470. The molecule has 1 amide bonds. The molecular weight excluding hydrogens is 496 g/mol. The van der Waals surface area contributed by atoms with E-state index in [4.69, 9.17) is 14.2 Å². The first-order chi connectivity index (χ1) is 19.0. The molecule has 0 saturated carbocycles. The van der Waals surface area contributed by atoms with Crippen LogP contribution in [0.25, 0.3) is 5.69 Å². The van der Waals surface area contributed by atoms with E-state index in [2.05, 4.69) is 10.4 Å². The Balaban J connectivity index is 1.44. The first-order valence-electron chi connectivity index (χ1n) is 12.8. The summed E-state index contributed by atoms with van der Waals surface area (Å²) in [5.41, 5.74) is 3.27. The van der Waals surface area contributed by atoms with Crippen molar-refractivity contribution >= 4 is 23.3 Å². The van der Waals surface area contributed by atoms with Gasteiger partial charge in [-0.15, -0.1) is 0 Å². The van der Waals surface area contributed by atoms with Crippen molar-refractivity contribution < 1.29 is 23.8 Å². The Morgan fingerprint density at radius 3 is 2.49 bits per heavy atom. The number of benzene rings is 3. The van der Waals surface area contributed by atoms with Crippen molar-refractivity contribution in [1.82, 2.24) is 9.78 Å². The summed E-state index contributed by atoms with van der Waals surface area (Å²) in [4.78, 5) is 28.4. The van der Waals surface area contributed by atoms with Crippen LogP contribution >= 0.6 is 0 Å². The van der Waals surface area contributed by atoms with Crippen LogP contribution in [-0.2, 0) is 11.2 Å². The number of aromatic nitrogens is 2. The van der Waals surface area contributed by atoms with Crippen molar-refractivity contribution in [2.45, 2.75) is 26.5 Å².